The third-order valence-electron chi connectivity index (χ3n) is 2.34. The molecular formula is C12H11FN2O2. The zero-order valence-corrected chi connectivity index (χ0v) is 9.24. The second-order valence-electron chi connectivity index (χ2n) is 3.53. The normalized spacial score (nSPS) is 10.2. The third-order valence-corrected chi connectivity index (χ3v) is 2.34. The summed E-state index contributed by atoms with van der Waals surface area (Å²) in [6, 6.07) is 7.36. The van der Waals surface area contributed by atoms with Crippen molar-refractivity contribution in [3.8, 4) is 5.75 Å². The first-order valence-electron chi connectivity index (χ1n) is 5.05. The van der Waals surface area contributed by atoms with Gasteiger partial charge in [-0.25, -0.2) is 4.98 Å². The van der Waals surface area contributed by atoms with Gasteiger partial charge in [-0.15, -0.1) is 0 Å². The van der Waals surface area contributed by atoms with Crippen LogP contribution in [0, 0.1) is 5.82 Å². The molecule has 0 aliphatic carbocycles. The fraction of sp³-hybridized carbons (Fsp3) is 0.167. The topological polar surface area (TPSA) is 55.0 Å². The predicted molar refractivity (Wildman–Crippen MR) is 60.6 cm³/mol. The van der Waals surface area contributed by atoms with Crippen molar-refractivity contribution in [3.05, 3.63) is 58.0 Å². The molecule has 0 saturated heterocycles. The number of benzene rings is 1. The Labute approximate surface area is 97.1 Å². The lowest BCUT2D eigenvalue weighted by Gasteiger charge is -2.03. The van der Waals surface area contributed by atoms with Crippen molar-refractivity contribution >= 4 is 0 Å². The Morgan fingerprint density at radius 2 is 2.06 bits per heavy atom. The molecule has 88 valence electrons. The van der Waals surface area contributed by atoms with Gasteiger partial charge in [-0.2, -0.15) is 4.39 Å². The van der Waals surface area contributed by atoms with Gasteiger partial charge in [0.1, 0.15) is 11.6 Å². The van der Waals surface area contributed by atoms with Crippen LogP contribution in [0.15, 0.2) is 35.3 Å². The Morgan fingerprint density at radius 3 is 2.65 bits per heavy atom. The Balaban J connectivity index is 2.19. The van der Waals surface area contributed by atoms with Gasteiger partial charge in [-0.3, -0.25) is 4.79 Å². The van der Waals surface area contributed by atoms with E-state index in [2.05, 4.69) is 9.97 Å². The molecule has 0 bridgehead atoms. The standard InChI is InChI=1S/C12H11FN2O2/c1-17-9-4-2-8(3-5-9)6-11-14-7-10(13)12(16)15-11/h2-5,7H,6H2,1H3,(H,14,15,16). The van der Waals surface area contributed by atoms with Crippen LogP contribution in [0.3, 0.4) is 0 Å². The van der Waals surface area contributed by atoms with Gasteiger partial charge in [0.15, 0.2) is 0 Å². The molecule has 2 rings (SSSR count). The summed E-state index contributed by atoms with van der Waals surface area (Å²) in [7, 11) is 1.59. The fourth-order valence-electron chi connectivity index (χ4n) is 1.44. The number of aromatic amines is 1. The van der Waals surface area contributed by atoms with Gasteiger partial charge in [-0.1, -0.05) is 12.1 Å². The quantitative estimate of drug-likeness (QED) is 0.875. The van der Waals surface area contributed by atoms with E-state index in [0.717, 1.165) is 17.5 Å². The molecule has 0 unspecified atom stereocenters. The maximum absolute atomic E-state index is 12.7. The minimum atomic E-state index is -0.872. The van der Waals surface area contributed by atoms with Crippen molar-refractivity contribution in [1.82, 2.24) is 9.97 Å². The van der Waals surface area contributed by atoms with Crippen LogP contribution >= 0.6 is 0 Å². The molecule has 0 aliphatic rings. The summed E-state index contributed by atoms with van der Waals surface area (Å²) < 4.78 is 17.7. The molecule has 0 spiro atoms. The molecule has 1 aromatic carbocycles. The number of nitrogens with zero attached hydrogens (tertiary/aromatic N) is 1. The molecular weight excluding hydrogens is 223 g/mol. The predicted octanol–water partition coefficient (Wildman–Crippen LogP) is 1.51. The molecule has 5 heteroatoms. The highest BCUT2D eigenvalue weighted by atomic mass is 19.1. The Bertz CT molecular complexity index is 563. The van der Waals surface area contributed by atoms with Gasteiger partial charge in [0, 0.05) is 6.42 Å². The van der Waals surface area contributed by atoms with Crippen molar-refractivity contribution in [2.45, 2.75) is 6.42 Å². The lowest BCUT2D eigenvalue weighted by Crippen LogP contribution is -2.14. The van der Waals surface area contributed by atoms with E-state index in [0.29, 0.717) is 12.2 Å². The first-order chi connectivity index (χ1) is 8.19. The number of rotatable bonds is 3. The smallest absolute Gasteiger partial charge is 0.286 e. The first kappa shape index (κ1) is 11.3. The molecule has 2 aromatic rings. The number of ether oxygens (including phenoxy) is 1. The molecule has 17 heavy (non-hydrogen) atoms. The summed E-state index contributed by atoms with van der Waals surface area (Å²) in [6.07, 6.45) is 1.37. The van der Waals surface area contributed by atoms with E-state index in [4.69, 9.17) is 4.74 Å². The summed E-state index contributed by atoms with van der Waals surface area (Å²) in [4.78, 5) is 17.2. The van der Waals surface area contributed by atoms with Crippen LogP contribution in [0.2, 0.25) is 0 Å². The Kier molecular flexibility index (Phi) is 3.18. The monoisotopic (exact) mass is 234 g/mol. The average Bonchev–Trinajstić information content (AvgIpc) is 2.35. The number of halogens is 1. The SMILES string of the molecule is COc1ccc(Cc2ncc(F)c(=O)[nH]2)cc1. The fourth-order valence-corrected chi connectivity index (χ4v) is 1.44. The van der Waals surface area contributed by atoms with Gasteiger partial charge < -0.3 is 9.72 Å². The largest absolute Gasteiger partial charge is 0.497 e. The van der Waals surface area contributed by atoms with Gasteiger partial charge in [0.05, 0.1) is 13.3 Å². The lowest BCUT2D eigenvalue weighted by molar-refractivity contribution is 0.414. The summed E-state index contributed by atoms with van der Waals surface area (Å²) in [5.74, 6) is 0.319. The van der Waals surface area contributed by atoms with Crippen molar-refractivity contribution in [3.63, 3.8) is 0 Å². The zero-order chi connectivity index (χ0) is 12.3. The van der Waals surface area contributed by atoms with Crippen LogP contribution in [0.25, 0.3) is 0 Å². The van der Waals surface area contributed by atoms with Crippen LogP contribution in [0.4, 0.5) is 4.39 Å². The van der Waals surface area contributed by atoms with Crippen molar-refractivity contribution in [1.29, 1.82) is 0 Å². The van der Waals surface area contributed by atoms with Crippen LogP contribution < -0.4 is 10.3 Å². The van der Waals surface area contributed by atoms with Crippen LogP contribution in [-0.4, -0.2) is 17.1 Å². The number of hydrogen-bond donors (Lipinski definition) is 1. The van der Waals surface area contributed by atoms with Gasteiger partial charge >= 0.3 is 0 Å². The van der Waals surface area contributed by atoms with E-state index in [-0.39, 0.29) is 0 Å². The number of hydrogen-bond acceptors (Lipinski definition) is 3. The second-order valence-corrected chi connectivity index (χ2v) is 3.53. The molecule has 1 heterocycles. The van der Waals surface area contributed by atoms with Crippen LogP contribution in [-0.2, 0) is 6.42 Å². The van der Waals surface area contributed by atoms with E-state index in [1.807, 2.05) is 24.3 Å². The molecule has 0 radical (unpaired) electrons. The molecule has 1 aromatic heterocycles. The highest BCUT2D eigenvalue weighted by molar-refractivity contribution is 5.28. The van der Waals surface area contributed by atoms with E-state index in [9.17, 15) is 9.18 Å². The van der Waals surface area contributed by atoms with Gasteiger partial charge in [-0.05, 0) is 17.7 Å². The van der Waals surface area contributed by atoms with E-state index in [1.54, 1.807) is 7.11 Å². The number of methoxy groups -OCH3 is 1. The van der Waals surface area contributed by atoms with Crippen molar-refractivity contribution < 1.29 is 9.13 Å². The Morgan fingerprint density at radius 1 is 1.35 bits per heavy atom. The average molecular weight is 234 g/mol. The minimum Gasteiger partial charge on any atom is -0.497 e. The van der Waals surface area contributed by atoms with Crippen LogP contribution in [0.1, 0.15) is 11.4 Å². The summed E-state index contributed by atoms with van der Waals surface area (Å²) in [6.45, 7) is 0. The second kappa shape index (κ2) is 4.78. The molecule has 1 N–H and O–H groups in total. The zero-order valence-electron chi connectivity index (χ0n) is 9.24. The molecule has 0 fully saturated rings. The highest BCUT2D eigenvalue weighted by Crippen LogP contribution is 2.12. The van der Waals surface area contributed by atoms with E-state index < -0.39 is 11.4 Å². The summed E-state index contributed by atoms with van der Waals surface area (Å²) >= 11 is 0. The summed E-state index contributed by atoms with van der Waals surface area (Å²) in [5, 5.41) is 0. The molecule has 4 nitrogen and oxygen atoms in total. The number of aromatic nitrogens is 2. The molecule has 0 saturated carbocycles. The Hall–Kier alpha value is -2.17. The maximum atomic E-state index is 12.7. The summed E-state index contributed by atoms with van der Waals surface area (Å²) in [5.41, 5.74) is 0.212. The van der Waals surface area contributed by atoms with E-state index in [1.165, 1.54) is 0 Å². The van der Waals surface area contributed by atoms with Crippen molar-refractivity contribution in [2.75, 3.05) is 7.11 Å². The van der Waals surface area contributed by atoms with E-state index >= 15 is 0 Å². The first-order valence-corrected chi connectivity index (χ1v) is 5.05. The lowest BCUT2D eigenvalue weighted by atomic mass is 10.1. The highest BCUT2D eigenvalue weighted by Gasteiger charge is 2.02. The van der Waals surface area contributed by atoms with Crippen LogP contribution in [0.5, 0.6) is 5.75 Å². The maximum Gasteiger partial charge on any atom is 0.286 e. The number of H-pyrrole nitrogens is 1. The number of nitrogens with one attached hydrogen (secondary N) is 1. The molecule has 0 aliphatic heterocycles. The van der Waals surface area contributed by atoms with Crippen molar-refractivity contribution in [2.24, 2.45) is 0 Å². The van der Waals surface area contributed by atoms with Gasteiger partial charge in [0.25, 0.3) is 5.56 Å². The van der Waals surface area contributed by atoms with Gasteiger partial charge in [0.2, 0.25) is 5.82 Å². The molecule has 0 atom stereocenters. The third kappa shape index (κ3) is 2.69. The molecule has 0 amide bonds. The minimum absolute atomic E-state index is 0.432.